The topological polar surface area (TPSA) is 80.8 Å². The largest absolute Gasteiger partial charge is 0.507 e. The van der Waals surface area contributed by atoms with Crippen molar-refractivity contribution in [3.8, 4) is 28.7 Å². The van der Waals surface area contributed by atoms with Crippen LogP contribution < -0.4 is 19.8 Å². The summed E-state index contributed by atoms with van der Waals surface area (Å²) in [5.74, 6) is 1.90. The van der Waals surface area contributed by atoms with Gasteiger partial charge in [0.05, 0.1) is 25.3 Å². The molecule has 0 atom stereocenters. The van der Waals surface area contributed by atoms with Gasteiger partial charge in [-0.3, -0.25) is 4.79 Å². The Morgan fingerprint density at radius 2 is 1.75 bits per heavy atom. The van der Waals surface area contributed by atoms with E-state index in [4.69, 9.17) is 14.2 Å². The van der Waals surface area contributed by atoms with Crippen LogP contribution in [-0.4, -0.2) is 24.3 Å². The van der Waals surface area contributed by atoms with Gasteiger partial charge in [-0.25, -0.2) is 0 Å². The van der Waals surface area contributed by atoms with Crippen molar-refractivity contribution >= 4 is 10.9 Å². The number of methoxy groups -OCH3 is 2. The highest BCUT2D eigenvalue weighted by Crippen LogP contribution is 2.39. The van der Waals surface area contributed by atoms with Gasteiger partial charge in [0.2, 0.25) is 0 Å². The van der Waals surface area contributed by atoms with Crippen molar-refractivity contribution in [3.63, 3.8) is 0 Å². The van der Waals surface area contributed by atoms with Gasteiger partial charge in [0, 0.05) is 11.5 Å². The van der Waals surface area contributed by atoms with Gasteiger partial charge in [0.25, 0.3) is 5.56 Å². The van der Waals surface area contributed by atoms with Gasteiger partial charge in [-0.15, -0.1) is 0 Å². The van der Waals surface area contributed by atoms with Crippen LogP contribution in [0.25, 0.3) is 10.9 Å². The van der Waals surface area contributed by atoms with Crippen LogP contribution in [0.5, 0.6) is 28.7 Å². The lowest BCUT2D eigenvalue weighted by Crippen LogP contribution is -2.13. The zero-order valence-corrected chi connectivity index (χ0v) is 16.4. The van der Waals surface area contributed by atoms with Crippen LogP contribution in [-0.2, 0) is 6.42 Å². The number of hydrogen-bond donors (Lipinski definition) is 2. The fourth-order valence-electron chi connectivity index (χ4n) is 3.17. The highest BCUT2D eigenvalue weighted by Gasteiger charge is 2.17. The summed E-state index contributed by atoms with van der Waals surface area (Å²) in [5, 5.41) is 11.3. The molecule has 0 saturated carbocycles. The molecular weight excluding hydrogens is 358 g/mol. The Morgan fingerprint density at radius 3 is 2.43 bits per heavy atom. The molecular formula is C22H25NO5. The van der Waals surface area contributed by atoms with Crippen LogP contribution in [0, 0.1) is 0 Å². The number of nitrogens with one attached hydrogen (secondary N) is 1. The lowest BCUT2D eigenvalue weighted by Gasteiger charge is -2.15. The Kier molecular flexibility index (Phi) is 6.09. The molecule has 0 aliphatic heterocycles. The van der Waals surface area contributed by atoms with E-state index in [0.717, 1.165) is 19.3 Å². The van der Waals surface area contributed by atoms with E-state index in [1.165, 1.54) is 0 Å². The van der Waals surface area contributed by atoms with E-state index in [-0.39, 0.29) is 11.3 Å². The van der Waals surface area contributed by atoms with Crippen molar-refractivity contribution < 1.29 is 19.3 Å². The van der Waals surface area contributed by atoms with Crippen molar-refractivity contribution in [2.45, 2.75) is 32.6 Å². The monoisotopic (exact) mass is 383 g/mol. The first-order chi connectivity index (χ1) is 13.6. The first-order valence-electron chi connectivity index (χ1n) is 9.35. The Morgan fingerprint density at radius 1 is 1.00 bits per heavy atom. The van der Waals surface area contributed by atoms with Crippen molar-refractivity contribution in [2.75, 3.05) is 14.2 Å². The van der Waals surface area contributed by atoms with E-state index in [0.29, 0.717) is 45.9 Å². The van der Waals surface area contributed by atoms with Crippen LogP contribution in [0.3, 0.4) is 0 Å². The number of aromatic amines is 1. The molecule has 0 aliphatic rings. The van der Waals surface area contributed by atoms with Gasteiger partial charge < -0.3 is 24.3 Å². The molecule has 0 spiro atoms. The Bertz CT molecular complexity index is 1030. The third kappa shape index (κ3) is 3.91. The van der Waals surface area contributed by atoms with Crippen molar-refractivity contribution in [3.05, 3.63) is 52.3 Å². The molecule has 0 saturated heterocycles. The maximum atomic E-state index is 12.6. The molecule has 3 aromatic rings. The van der Waals surface area contributed by atoms with Crippen LogP contribution in [0.1, 0.15) is 31.7 Å². The van der Waals surface area contributed by atoms with Crippen LogP contribution in [0.15, 0.2) is 41.2 Å². The molecule has 0 bridgehead atoms. The Labute approximate surface area is 163 Å². The number of pyridine rings is 1. The first kappa shape index (κ1) is 19.6. The van der Waals surface area contributed by atoms with Gasteiger partial charge in [0.15, 0.2) is 17.2 Å². The summed E-state index contributed by atoms with van der Waals surface area (Å²) < 4.78 is 16.7. The van der Waals surface area contributed by atoms with E-state index in [2.05, 4.69) is 11.9 Å². The second kappa shape index (κ2) is 8.69. The molecule has 0 radical (unpaired) electrons. The second-order valence-corrected chi connectivity index (χ2v) is 6.54. The maximum Gasteiger partial charge on any atom is 0.255 e. The normalized spacial score (nSPS) is 10.8. The van der Waals surface area contributed by atoms with E-state index in [1.54, 1.807) is 38.5 Å². The standard InChI is InChI=1S/C22H25NO5/c1-4-5-6-9-15-21(24)16-12-14(26-2)13-19(20(16)23-22(15)25)28-18-11-8-7-10-17(18)27-3/h7-8,10-13H,4-6,9H2,1-3H3,(H2,23,24,25). The van der Waals surface area contributed by atoms with E-state index >= 15 is 0 Å². The average Bonchev–Trinajstić information content (AvgIpc) is 2.71. The number of H-pyrrole nitrogens is 1. The van der Waals surface area contributed by atoms with Gasteiger partial charge in [-0.05, 0) is 31.0 Å². The van der Waals surface area contributed by atoms with E-state index in [9.17, 15) is 9.90 Å². The molecule has 3 rings (SSSR count). The lowest BCUT2D eigenvalue weighted by atomic mass is 10.0. The lowest BCUT2D eigenvalue weighted by molar-refractivity contribution is 0.377. The molecule has 28 heavy (non-hydrogen) atoms. The molecule has 1 aromatic heterocycles. The van der Waals surface area contributed by atoms with E-state index in [1.807, 2.05) is 12.1 Å². The van der Waals surface area contributed by atoms with Gasteiger partial charge in [-0.2, -0.15) is 0 Å². The van der Waals surface area contributed by atoms with Crippen LogP contribution in [0.4, 0.5) is 0 Å². The third-order valence-corrected chi connectivity index (χ3v) is 4.68. The molecule has 6 heteroatoms. The molecule has 2 aromatic carbocycles. The predicted octanol–water partition coefficient (Wildman–Crippen LogP) is 4.78. The summed E-state index contributed by atoms with van der Waals surface area (Å²) in [4.78, 5) is 15.5. The molecule has 0 aliphatic carbocycles. The van der Waals surface area contributed by atoms with E-state index < -0.39 is 0 Å². The number of benzene rings is 2. The fraction of sp³-hybridized carbons (Fsp3) is 0.318. The summed E-state index contributed by atoms with van der Waals surface area (Å²) in [6.45, 7) is 2.09. The van der Waals surface area contributed by atoms with Gasteiger partial charge >= 0.3 is 0 Å². The maximum absolute atomic E-state index is 12.6. The van der Waals surface area contributed by atoms with Crippen LogP contribution in [0.2, 0.25) is 0 Å². The molecule has 0 amide bonds. The predicted molar refractivity (Wildman–Crippen MR) is 109 cm³/mol. The molecule has 6 nitrogen and oxygen atoms in total. The number of para-hydroxylation sites is 2. The minimum atomic E-state index is -0.309. The molecule has 1 heterocycles. The number of rotatable bonds is 8. The molecule has 148 valence electrons. The SMILES string of the molecule is CCCCCc1c(O)c2cc(OC)cc(Oc3ccccc3OC)c2[nH]c1=O. The number of aromatic nitrogens is 1. The smallest absolute Gasteiger partial charge is 0.255 e. The van der Waals surface area contributed by atoms with Crippen molar-refractivity contribution in [1.29, 1.82) is 0 Å². The minimum Gasteiger partial charge on any atom is -0.507 e. The summed E-state index contributed by atoms with van der Waals surface area (Å²) >= 11 is 0. The third-order valence-electron chi connectivity index (χ3n) is 4.68. The second-order valence-electron chi connectivity index (χ2n) is 6.54. The number of fused-ring (bicyclic) bond motifs is 1. The minimum absolute atomic E-state index is 0.0290. The van der Waals surface area contributed by atoms with Crippen molar-refractivity contribution in [2.24, 2.45) is 0 Å². The number of ether oxygens (including phenoxy) is 3. The number of aromatic hydroxyl groups is 1. The number of hydrogen-bond acceptors (Lipinski definition) is 5. The number of unbranched alkanes of at least 4 members (excludes halogenated alkanes) is 2. The summed E-state index contributed by atoms with van der Waals surface area (Å²) in [5.41, 5.74) is 0.488. The van der Waals surface area contributed by atoms with Crippen LogP contribution >= 0.6 is 0 Å². The first-order valence-corrected chi connectivity index (χ1v) is 9.35. The Hall–Kier alpha value is -3.15. The molecule has 2 N–H and O–H groups in total. The van der Waals surface area contributed by atoms with Gasteiger partial charge in [-0.1, -0.05) is 31.9 Å². The van der Waals surface area contributed by atoms with Crippen molar-refractivity contribution in [1.82, 2.24) is 4.98 Å². The Balaban J connectivity index is 2.13. The van der Waals surface area contributed by atoms with Gasteiger partial charge in [0.1, 0.15) is 11.5 Å². The highest BCUT2D eigenvalue weighted by atomic mass is 16.5. The fourth-order valence-corrected chi connectivity index (χ4v) is 3.17. The zero-order chi connectivity index (χ0) is 20.1. The summed E-state index contributed by atoms with van der Waals surface area (Å²) in [6, 6.07) is 10.6. The summed E-state index contributed by atoms with van der Waals surface area (Å²) in [6.07, 6.45) is 3.40. The molecule has 0 fully saturated rings. The summed E-state index contributed by atoms with van der Waals surface area (Å²) in [7, 11) is 3.10. The highest BCUT2D eigenvalue weighted by molar-refractivity contribution is 5.92. The zero-order valence-electron chi connectivity index (χ0n) is 16.4. The quantitative estimate of drug-likeness (QED) is 0.547. The molecule has 0 unspecified atom stereocenters. The average molecular weight is 383 g/mol.